The second-order valence-electron chi connectivity index (χ2n) is 6.78. The zero-order valence-electron chi connectivity index (χ0n) is 16.1. The Bertz CT molecular complexity index is 986. The number of anilines is 1. The fourth-order valence-electron chi connectivity index (χ4n) is 2.84. The van der Waals surface area contributed by atoms with Crippen LogP contribution in [0.2, 0.25) is 0 Å². The fraction of sp³-hybridized carbons (Fsp3) is 0.286. The molecular weight excluding hydrogens is 388 g/mol. The van der Waals surface area contributed by atoms with E-state index in [1.165, 1.54) is 0 Å². The van der Waals surface area contributed by atoms with Gasteiger partial charge < -0.3 is 25.5 Å². The fourth-order valence-corrected chi connectivity index (χ4v) is 2.84. The summed E-state index contributed by atoms with van der Waals surface area (Å²) in [6.07, 6.45) is -5.15. The molecule has 0 aliphatic rings. The minimum atomic E-state index is -1.73. The van der Waals surface area contributed by atoms with Gasteiger partial charge >= 0.3 is 0 Å². The lowest BCUT2D eigenvalue weighted by molar-refractivity contribution is -0.0999. The summed E-state index contributed by atoms with van der Waals surface area (Å²) in [4.78, 5) is 9.19. The van der Waals surface area contributed by atoms with Crippen LogP contribution in [0.5, 0.6) is 0 Å². The molecule has 1 heterocycles. The van der Waals surface area contributed by atoms with Crippen LogP contribution in [0.3, 0.4) is 0 Å². The third-order valence-electron chi connectivity index (χ3n) is 4.54. The topological polar surface area (TPSA) is 151 Å². The SMILES string of the molecule is OC[C@@H](O)[C@@H](O)[C@H](O)[C@H](O)/C=N/Nc1nc2ccccc2nc1Cc1ccccc1. The van der Waals surface area contributed by atoms with Crippen molar-refractivity contribution in [3.8, 4) is 0 Å². The molecular formula is C21H24N4O5. The van der Waals surface area contributed by atoms with Gasteiger partial charge in [-0.05, 0) is 17.7 Å². The van der Waals surface area contributed by atoms with Crippen molar-refractivity contribution in [2.45, 2.75) is 30.8 Å². The Balaban J connectivity index is 1.80. The standard InChI is InChI=1S/C21H24N4O5/c26-12-18(28)20(30)19(29)17(27)11-22-25-21-16(10-13-6-2-1-3-7-13)23-14-8-4-5-9-15(14)24-21/h1-9,11,17-20,26-30H,10,12H2,(H,24,25)/b22-11+/t17-,18-,19-,20-/m1/s1. The van der Waals surface area contributed by atoms with Crippen LogP contribution in [0.15, 0.2) is 59.7 Å². The molecule has 0 spiro atoms. The van der Waals surface area contributed by atoms with Gasteiger partial charge in [-0.15, -0.1) is 0 Å². The van der Waals surface area contributed by atoms with Crippen molar-refractivity contribution in [1.82, 2.24) is 9.97 Å². The van der Waals surface area contributed by atoms with Crippen LogP contribution < -0.4 is 5.43 Å². The van der Waals surface area contributed by atoms with Crippen LogP contribution in [0.1, 0.15) is 11.3 Å². The predicted octanol–water partition coefficient (Wildman–Crippen LogP) is 0.0542. The Labute approximate surface area is 173 Å². The first-order valence-electron chi connectivity index (χ1n) is 9.41. The normalized spacial score (nSPS) is 15.8. The van der Waals surface area contributed by atoms with Crippen LogP contribution in [0, 0.1) is 0 Å². The van der Waals surface area contributed by atoms with Gasteiger partial charge in [0.1, 0.15) is 24.4 Å². The highest BCUT2D eigenvalue weighted by atomic mass is 16.4. The molecule has 0 aliphatic heterocycles. The van der Waals surface area contributed by atoms with E-state index in [1.54, 1.807) is 0 Å². The zero-order valence-corrected chi connectivity index (χ0v) is 16.1. The van der Waals surface area contributed by atoms with E-state index < -0.39 is 31.0 Å². The molecule has 0 saturated carbocycles. The first-order chi connectivity index (χ1) is 14.5. The molecule has 0 radical (unpaired) electrons. The summed E-state index contributed by atoms with van der Waals surface area (Å²) >= 11 is 0. The van der Waals surface area contributed by atoms with E-state index in [9.17, 15) is 20.4 Å². The highest BCUT2D eigenvalue weighted by Crippen LogP contribution is 2.20. The summed E-state index contributed by atoms with van der Waals surface area (Å²) in [6.45, 7) is -0.754. The second-order valence-corrected chi connectivity index (χ2v) is 6.78. The summed E-state index contributed by atoms with van der Waals surface area (Å²) in [5.41, 5.74) is 5.79. The molecule has 9 nitrogen and oxygen atoms in total. The Morgan fingerprint density at radius 3 is 2.17 bits per heavy atom. The molecule has 6 N–H and O–H groups in total. The van der Waals surface area contributed by atoms with Gasteiger partial charge in [0.15, 0.2) is 5.82 Å². The number of benzene rings is 2. The smallest absolute Gasteiger partial charge is 0.169 e. The minimum absolute atomic E-state index is 0.381. The van der Waals surface area contributed by atoms with Gasteiger partial charge in [-0.2, -0.15) is 5.10 Å². The molecule has 0 aliphatic carbocycles. The van der Waals surface area contributed by atoms with Crippen molar-refractivity contribution in [3.63, 3.8) is 0 Å². The number of aliphatic hydroxyl groups is 5. The van der Waals surface area contributed by atoms with Gasteiger partial charge in [0.2, 0.25) is 0 Å². The van der Waals surface area contributed by atoms with Gasteiger partial charge in [-0.25, -0.2) is 9.97 Å². The molecule has 3 aromatic rings. The second kappa shape index (κ2) is 10.2. The number of hydrogen-bond acceptors (Lipinski definition) is 9. The van der Waals surface area contributed by atoms with Crippen molar-refractivity contribution < 1.29 is 25.5 Å². The number of para-hydroxylation sites is 2. The molecule has 0 unspecified atom stereocenters. The highest BCUT2D eigenvalue weighted by molar-refractivity contribution is 5.76. The molecule has 2 aromatic carbocycles. The summed E-state index contributed by atoms with van der Waals surface area (Å²) < 4.78 is 0. The van der Waals surface area contributed by atoms with E-state index in [2.05, 4.69) is 20.5 Å². The third kappa shape index (κ3) is 5.35. The van der Waals surface area contributed by atoms with Crippen LogP contribution >= 0.6 is 0 Å². The molecule has 3 rings (SSSR count). The Morgan fingerprint density at radius 1 is 0.867 bits per heavy atom. The molecule has 0 amide bonds. The first kappa shape index (κ1) is 21.8. The quantitative estimate of drug-likeness (QED) is 0.213. The van der Waals surface area contributed by atoms with E-state index in [-0.39, 0.29) is 0 Å². The number of fused-ring (bicyclic) bond motifs is 1. The molecule has 0 saturated heterocycles. The maximum absolute atomic E-state index is 9.96. The number of hydrogen-bond donors (Lipinski definition) is 6. The van der Waals surface area contributed by atoms with E-state index in [1.807, 2.05) is 54.6 Å². The van der Waals surface area contributed by atoms with Gasteiger partial charge in [-0.1, -0.05) is 42.5 Å². The molecule has 0 fully saturated rings. The lowest BCUT2D eigenvalue weighted by Gasteiger charge is -2.23. The highest BCUT2D eigenvalue weighted by Gasteiger charge is 2.29. The predicted molar refractivity (Wildman–Crippen MR) is 112 cm³/mol. The van der Waals surface area contributed by atoms with Crippen LogP contribution in [-0.2, 0) is 6.42 Å². The third-order valence-corrected chi connectivity index (χ3v) is 4.54. The average molecular weight is 412 g/mol. The van der Waals surface area contributed by atoms with Crippen molar-refractivity contribution in [3.05, 3.63) is 65.9 Å². The van der Waals surface area contributed by atoms with E-state index in [0.29, 0.717) is 23.4 Å². The van der Waals surface area contributed by atoms with Gasteiger partial charge in [0.25, 0.3) is 0 Å². The van der Waals surface area contributed by atoms with Gasteiger partial charge in [0, 0.05) is 6.42 Å². The zero-order chi connectivity index (χ0) is 21.5. The van der Waals surface area contributed by atoms with Crippen molar-refractivity contribution >= 4 is 23.1 Å². The molecule has 4 atom stereocenters. The summed E-state index contributed by atoms with van der Waals surface area (Å²) in [7, 11) is 0. The number of aliphatic hydroxyl groups excluding tert-OH is 5. The maximum atomic E-state index is 9.96. The summed E-state index contributed by atoms with van der Waals surface area (Å²) in [6, 6.07) is 17.1. The number of hydrazone groups is 1. The number of rotatable bonds is 9. The van der Waals surface area contributed by atoms with E-state index in [4.69, 9.17) is 5.11 Å². The van der Waals surface area contributed by atoms with E-state index >= 15 is 0 Å². The van der Waals surface area contributed by atoms with Crippen LogP contribution in [0.4, 0.5) is 5.82 Å². The van der Waals surface area contributed by atoms with Gasteiger partial charge in [-0.3, -0.25) is 5.43 Å². The van der Waals surface area contributed by atoms with Crippen molar-refractivity contribution in [2.24, 2.45) is 5.10 Å². The van der Waals surface area contributed by atoms with Gasteiger partial charge in [0.05, 0.1) is 29.5 Å². The number of aromatic nitrogens is 2. The minimum Gasteiger partial charge on any atom is -0.394 e. The van der Waals surface area contributed by atoms with Crippen molar-refractivity contribution in [1.29, 1.82) is 0 Å². The number of nitrogens with zero attached hydrogens (tertiary/aromatic N) is 3. The maximum Gasteiger partial charge on any atom is 0.169 e. The monoisotopic (exact) mass is 412 g/mol. The first-order valence-corrected chi connectivity index (χ1v) is 9.41. The molecule has 30 heavy (non-hydrogen) atoms. The summed E-state index contributed by atoms with van der Waals surface area (Å²) in [5.74, 6) is 0.381. The van der Waals surface area contributed by atoms with E-state index in [0.717, 1.165) is 17.3 Å². The average Bonchev–Trinajstić information content (AvgIpc) is 2.78. The largest absolute Gasteiger partial charge is 0.394 e. The Kier molecular flexibility index (Phi) is 7.39. The Morgan fingerprint density at radius 2 is 1.50 bits per heavy atom. The van der Waals surface area contributed by atoms with Crippen molar-refractivity contribution in [2.75, 3.05) is 12.0 Å². The molecule has 158 valence electrons. The Hall–Kier alpha value is -2.95. The number of nitrogens with one attached hydrogen (secondary N) is 1. The molecule has 1 aromatic heterocycles. The van der Waals surface area contributed by atoms with Crippen LogP contribution in [0.25, 0.3) is 11.0 Å². The summed E-state index contributed by atoms with van der Waals surface area (Å²) in [5, 5.41) is 51.6. The molecule has 0 bridgehead atoms. The molecule has 9 heteroatoms. The lowest BCUT2D eigenvalue weighted by Crippen LogP contribution is -2.46. The van der Waals surface area contributed by atoms with Crippen LogP contribution in [-0.4, -0.2) is 72.7 Å². The lowest BCUT2D eigenvalue weighted by atomic mass is 10.0.